The zero-order chi connectivity index (χ0) is 19.8. The number of carbonyl (C=O) groups is 2. The van der Waals surface area contributed by atoms with Gasteiger partial charge in [-0.15, -0.1) is 0 Å². The Bertz CT molecular complexity index is 810. The minimum Gasteiger partial charge on any atom is -0.490 e. The second-order valence-corrected chi connectivity index (χ2v) is 5.41. The Morgan fingerprint density at radius 2 is 1.85 bits per heavy atom. The lowest BCUT2D eigenvalue weighted by atomic mass is 10.2. The number of hydrogen-bond acceptors (Lipinski definition) is 5. The molecule has 0 saturated heterocycles. The van der Waals surface area contributed by atoms with Crippen LogP contribution in [0.2, 0.25) is 0 Å². The number of benzene rings is 2. The van der Waals surface area contributed by atoms with Gasteiger partial charge in [0.1, 0.15) is 0 Å². The number of carbonyl (C=O) groups excluding carboxylic acids is 2. The Hall–Kier alpha value is -3.16. The van der Waals surface area contributed by atoms with E-state index in [1.165, 1.54) is 18.2 Å². The molecule has 0 unspecified atom stereocenters. The molecule has 8 heteroatoms. The van der Waals surface area contributed by atoms with Crippen LogP contribution in [0.15, 0.2) is 42.5 Å². The average molecular weight is 379 g/mol. The van der Waals surface area contributed by atoms with Crippen molar-refractivity contribution in [3.63, 3.8) is 0 Å². The molecule has 1 amide bonds. The summed E-state index contributed by atoms with van der Waals surface area (Å²) in [7, 11) is 0. The Balaban J connectivity index is 1.99. The van der Waals surface area contributed by atoms with Crippen LogP contribution < -0.4 is 14.8 Å². The number of rotatable bonds is 8. The molecule has 2 aromatic rings. The quantitative estimate of drug-likeness (QED) is 0.707. The molecule has 0 aromatic heterocycles. The molecule has 0 heterocycles. The molecule has 1 N–H and O–H groups in total. The number of esters is 1. The molecule has 0 fully saturated rings. The van der Waals surface area contributed by atoms with Crippen LogP contribution >= 0.6 is 0 Å². The summed E-state index contributed by atoms with van der Waals surface area (Å²) in [5.74, 6) is -1.50. The van der Waals surface area contributed by atoms with E-state index in [2.05, 4.69) is 10.1 Å². The van der Waals surface area contributed by atoms with E-state index in [-0.39, 0.29) is 23.7 Å². The molecule has 0 spiro atoms. The molecular weight excluding hydrogens is 360 g/mol. The molecule has 0 saturated carbocycles. The van der Waals surface area contributed by atoms with E-state index >= 15 is 0 Å². The summed E-state index contributed by atoms with van der Waals surface area (Å²) in [6.07, 6.45) is 0. The number of nitrogens with one attached hydrogen (secondary N) is 1. The maximum Gasteiger partial charge on any atom is 0.387 e. The number of alkyl halides is 2. The molecule has 0 aliphatic rings. The van der Waals surface area contributed by atoms with Crippen molar-refractivity contribution in [3.05, 3.63) is 53.6 Å². The largest absolute Gasteiger partial charge is 0.490 e. The molecule has 0 bridgehead atoms. The van der Waals surface area contributed by atoms with Gasteiger partial charge in [0.25, 0.3) is 5.91 Å². The predicted octanol–water partition coefficient (Wildman–Crippen LogP) is 3.79. The number of ether oxygens (including phenoxy) is 3. The van der Waals surface area contributed by atoms with Crippen LogP contribution in [0.25, 0.3) is 0 Å². The average Bonchev–Trinajstić information content (AvgIpc) is 2.63. The normalized spacial score (nSPS) is 10.4. The molecule has 0 aliphatic heterocycles. The maximum absolute atomic E-state index is 12.4. The van der Waals surface area contributed by atoms with Crippen LogP contribution in [0.3, 0.4) is 0 Å². The zero-order valence-corrected chi connectivity index (χ0v) is 14.8. The highest BCUT2D eigenvalue weighted by atomic mass is 19.3. The van der Waals surface area contributed by atoms with E-state index in [4.69, 9.17) is 9.47 Å². The first kappa shape index (κ1) is 20.2. The SMILES string of the molecule is CCOc1cc(C(=O)OCC(=O)Nc2ccccc2C)ccc1OC(F)F. The van der Waals surface area contributed by atoms with Gasteiger partial charge in [-0.1, -0.05) is 18.2 Å². The first-order chi connectivity index (χ1) is 12.9. The lowest BCUT2D eigenvalue weighted by molar-refractivity contribution is -0.119. The summed E-state index contributed by atoms with van der Waals surface area (Å²) in [5, 5.41) is 2.64. The number of para-hydroxylation sites is 1. The summed E-state index contributed by atoms with van der Waals surface area (Å²) in [6.45, 7) is 0.170. The van der Waals surface area contributed by atoms with Crippen molar-refractivity contribution in [1.29, 1.82) is 0 Å². The minimum atomic E-state index is -3.02. The van der Waals surface area contributed by atoms with Crippen molar-refractivity contribution in [2.45, 2.75) is 20.5 Å². The zero-order valence-electron chi connectivity index (χ0n) is 14.8. The Kier molecular flexibility index (Phi) is 7.10. The van der Waals surface area contributed by atoms with Gasteiger partial charge in [0, 0.05) is 5.69 Å². The molecule has 2 aromatic carbocycles. The van der Waals surface area contributed by atoms with Gasteiger partial charge in [-0.05, 0) is 43.7 Å². The third-order valence-electron chi connectivity index (χ3n) is 3.45. The number of amides is 1. The summed E-state index contributed by atoms with van der Waals surface area (Å²) in [5.41, 5.74) is 1.53. The molecule has 27 heavy (non-hydrogen) atoms. The number of hydrogen-bond donors (Lipinski definition) is 1. The van der Waals surface area contributed by atoms with Gasteiger partial charge in [0.2, 0.25) is 0 Å². The molecular formula is C19H19F2NO5. The highest BCUT2D eigenvalue weighted by Gasteiger charge is 2.16. The number of aryl methyl sites for hydroxylation is 1. The van der Waals surface area contributed by atoms with Crippen LogP contribution in [0.1, 0.15) is 22.8 Å². The topological polar surface area (TPSA) is 73.9 Å². The van der Waals surface area contributed by atoms with E-state index < -0.39 is 25.1 Å². The van der Waals surface area contributed by atoms with Crippen molar-refractivity contribution < 1.29 is 32.6 Å². The summed E-state index contributed by atoms with van der Waals surface area (Å²) in [6, 6.07) is 10.8. The van der Waals surface area contributed by atoms with Crippen molar-refractivity contribution in [3.8, 4) is 11.5 Å². The van der Waals surface area contributed by atoms with E-state index in [0.717, 1.165) is 5.56 Å². The fourth-order valence-electron chi connectivity index (χ4n) is 2.21. The van der Waals surface area contributed by atoms with E-state index in [0.29, 0.717) is 5.69 Å². The van der Waals surface area contributed by atoms with Crippen molar-refractivity contribution >= 4 is 17.6 Å². The van der Waals surface area contributed by atoms with Crippen LogP contribution in [-0.4, -0.2) is 31.7 Å². The summed E-state index contributed by atoms with van der Waals surface area (Å²) in [4.78, 5) is 24.0. The first-order valence-electron chi connectivity index (χ1n) is 8.15. The van der Waals surface area contributed by atoms with Gasteiger partial charge < -0.3 is 19.5 Å². The van der Waals surface area contributed by atoms with Gasteiger partial charge in [-0.2, -0.15) is 8.78 Å². The monoisotopic (exact) mass is 379 g/mol. The summed E-state index contributed by atoms with van der Waals surface area (Å²) < 4.78 is 39.3. The van der Waals surface area contributed by atoms with Crippen LogP contribution in [-0.2, 0) is 9.53 Å². The van der Waals surface area contributed by atoms with Crippen molar-refractivity contribution in [1.82, 2.24) is 0 Å². The maximum atomic E-state index is 12.4. The van der Waals surface area contributed by atoms with Crippen molar-refractivity contribution in [2.75, 3.05) is 18.5 Å². The van der Waals surface area contributed by atoms with Gasteiger partial charge >= 0.3 is 12.6 Å². The van der Waals surface area contributed by atoms with E-state index in [9.17, 15) is 18.4 Å². The smallest absolute Gasteiger partial charge is 0.387 e. The standard InChI is InChI=1S/C19H19F2NO5/c1-3-25-16-10-13(8-9-15(16)27-19(20)21)18(24)26-11-17(23)22-14-7-5-4-6-12(14)2/h4-10,19H,3,11H2,1-2H3,(H,22,23). The number of halogens is 2. The van der Waals surface area contributed by atoms with E-state index in [1.54, 1.807) is 19.1 Å². The van der Waals surface area contributed by atoms with E-state index in [1.807, 2.05) is 19.1 Å². The second kappa shape index (κ2) is 9.51. The van der Waals surface area contributed by atoms with Gasteiger partial charge in [0.15, 0.2) is 18.1 Å². The van der Waals surface area contributed by atoms with Crippen LogP contribution in [0, 0.1) is 6.92 Å². The lowest BCUT2D eigenvalue weighted by Gasteiger charge is -2.12. The molecule has 2 rings (SSSR count). The van der Waals surface area contributed by atoms with Gasteiger partial charge in [0.05, 0.1) is 12.2 Å². The lowest BCUT2D eigenvalue weighted by Crippen LogP contribution is -2.21. The Morgan fingerprint density at radius 3 is 2.52 bits per heavy atom. The summed E-state index contributed by atoms with van der Waals surface area (Å²) >= 11 is 0. The third-order valence-corrected chi connectivity index (χ3v) is 3.45. The van der Waals surface area contributed by atoms with Crippen molar-refractivity contribution in [2.24, 2.45) is 0 Å². The molecule has 0 aliphatic carbocycles. The first-order valence-corrected chi connectivity index (χ1v) is 8.15. The fourth-order valence-corrected chi connectivity index (χ4v) is 2.21. The van der Waals surface area contributed by atoms with Gasteiger partial charge in [-0.3, -0.25) is 4.79 Å². The molecule has 0 atom stereocenters. The van der Waals surface area contributed by atoms with Gasteiger partial charge in [-0.25, -0.2) is 4.79 Å². The molecule has 0 radical (unpaired) electrons. The Morgan fingerprint density at radius 1 is 1.11 bits per heavy atom. The molecule has 144 valence electrons. The second-order valence-electron chi connectivity index (χ2n) is 5.41. The fraction of sp³-hybridized carbons (Fsp3) is 0.263. The highest BCUT2D eigenvalue weighted by molar-refractivity contribution is 5.96. The van der Waals surface area contributed by atoms with Crippen LogP contribution in [0.4, 0.5) is 14.5 Å². The third kappa shape index (κ3) is 5.95. The highest BCUT2D eigenvalue weighted by Crippen LogP contribution is 2.30. The number of anilines is 1. The predicted molar refractivity (Wildman–Crippen MR) is 94.3 cm³/mol. The Labute approximate surface area is 155 Å². The molecule has 6 nitrogen and oxygen atoms in total. The minimum absolute atomic E-state index is 0.0170. The van der Waals surface area contributed by atoms with Crippen LogP contribution in [0.5, 0.6) is 11.5 Å².